The average Bonchev–Trinajstić information content (AvgIpc) is 2.35. The van der Waals surface area contributed by atoms with E-state index in [4.69, 9.17) is 11.6 Å². The van der Waals surface area contributed by atoms with Crippen LogP contribution in [-0.2, 0) is 28.0 Å². The lowest BCUT2D eigenvalue weighted by Crippen LogP contribution is -2.24. The number of carbonyl (C=O) groups is 1. The molecule has 1 heterocycles. The second kappa shape index (κ2) is 7.24. The standard InChI is InChI=1S/C12H10ClF6NO3/c1-2-22-8(21)3-7-6(4-13)5-20-10(23-12(17,18)19)9(7)11(14,15)16/h5H,2-4H2,1H3. The third-order valence-electron chi connectivity index (χ3n) is 2.51. The fraction of sp³-hybridized carbons (Fsp3) is 0.500. The first-order valence-corrected chi connectivity index (χ1v) is 6.58. The molecular formula is C12H10ClF6NO3. The van der Waals surface area contributed by atoms with Gasteiger partial charge in [0.05, 0.1) is 13.0 Å². The van der Waals surface area contributed by atoms with Crippen LogP contribution in [0.2, 0.25) is 0 Å². The number of rotatable bonds is 5. The maximum Gasteiger partial charge on any atom is 0.574 e. The highest BCUT2D eigenvalue weighted by molar-refractivity contribution is 6.17. The number of alkyl halides is 7. The first kappa shape index (κ1) is 19.3. The maximum absolute atomic E-state index is 13.2. The van der Waals surface area contributed by atoms with E-state index in [9.17, 15) is 31.1 Å². The number of pyridine rings is 1. The summed E-state index contributed by atoms with van der Waals surface area (Å²) in [5, 5.41) is 0. The quantitative estimate of drug-likeness (QED) is 0.452. The van der Waals surface area contributed by atoms with Crippen LogP contribution in [-0.4, -0.2) is 23.9 Å². The number of halogens is 7. The SMILES string of the molecule is CCOC(=O)Cc1c(CCl)cnc(OC(F)(F)F)c1C(F)(F)F. The van der Waals surface area contributed by atoms with Gasteiger partial charge < -0.3 is 9.47 Å². The van der Waals surface area contributed by atoms with Crippen LogP contribution in [0.15, 0.2) is 6.20 Å². The Hall–Kier alpha value is -1.71. The monoisotopic (exact) mass is 365 g/mol. The van der Waals surface area contributed by atoms with E-state index in [2.05, 4.69) is 14.5 Å². The second-order valence-corrected chi connectivity index (χ2v) is 4.37. The smallest absolute Gasteiger partial charge is 0.466 e. The van der Waals surface area contributed by atoms with Gasteiger partial charge >= 0.3 is 18.5 Å². The van der Waals surface area contributed by atoms with Crippen LogP contribution < -0.4 is 4.74 Å². The summed E-state index contributed by atoms with van der Waals surface area (Å²) in [7, 11) is 0. The molecule has 0 saturated carbocycles. The van der Waals surface area contributed by atoms with E-state index in [1.54, 1.807) is 0 Å². The molecule has 0 aliphatic heterocycles. The summed E-state index contributed by atoms with van der Waals surface area (Å²) in [4.78, 5) is 14.5. The fourth-order valence-electron chi connectivity index (χ4n) is 1.72. The molecule has 4 nitrogen and oxygen atoms in total. The summed E-state index contributed by atoms with van der Waals surface area (Å²) in [6.45, 7) is 1.32. The summed E-state index contributed by atoms with van der Waals surface area (Å²) in [6, 6.07) is 0. The fourth-order valence-corrected chi connectivity index (χ4v) is 1.95. The molecule has 0 unspecified atom stereocenters. The zero-order valence-corrected chi connectivity index (χ0v) is 12.3. The van der Waals surface area contributed by atoms with Gasteiger partial charge in [-0.15, -0.1) is 24.8 Å². The van der Waals surface area contributed by atoms with E-state index < -0.39 is 47.8 Å². The number of ether oxygens (including phenoxy) is 2. The van der Waals surface area contributed by atoms with Crippen LogP contribution in [0.4, 0.5) is 26.3 Å². The van der Waals surface area contributed by atoms with E-state index in [0.29, 0.717) is 6.20 Å². The van der Waals surface area contributed by atoms with Crippen LogP contribution >= 0.6 is 11.6 Å². The van der Waals surface area contributed by atoms with Crippen molar-refractivity contribution in [3.63, 3.8) is 0 Å². The predicted molar refractivity (Wildman–Crippen MR) is 65.8 cm³/mol. The molecule has 0 N–H and O–H groups in total. The molecule has 1 rings (SSSR count). The van der Waals surface area contributed by atoms with Crippen molar-refractivity contribution in [1.82, 2.24) is 4.98 Å². The van der Waals surface area contributed by atoms with Crippen LogP contribution in [0.3, 0.4) is 0 Å². The maximum atomic E-state index is 13.2. The normalized spacial score (nSPS) is 12.2. The number of aromatic nitrogens is 1. The highest BCUT2D eigenvalue weighted by Gasteiger charge is 2.43. The van der Waals surface area contributed by atoms with E-state index in [0.717, 1.165) is 0 Å². The molecular weight excluding hydrogens is 356 g/mol. The average molecular weight is 366 g/mol. The van der Waals surface area contributed by atoms with Gasteiger partial charge in [-0.3, -0.25) is 4.79 Å². The van der Waals surface area contributed by atoms with Crippen molar-refractivity contribution < 1.29 is 40.6 Å². The van der Waals surface area contributed by atoms with Crippen molar-refractivity contribution in [2.24, 2.45) is 0 Å². The van der Waals surface area contributed by atoms with Crippen molar-refractivity contribution in [1.29, 1.82) is 0 Å². The summed E-state index contributed by atoms with van der Waals surface area (Å²) >= 11 is 5.48. The van der Waals surface area contributed by atoms with Gasteiger partial charge in [0.1, 0.15) is 5.56 Å². The molecule has 11 heteroatoms. The molecule has 0 radical (unpaired) electrons. The zero-order valence-electron chi connectivity index (χ0n) is 11.5. The molecule has 0 atom stereocenters. The Kier molecular flexibility index (Phi) is 6.09. The molecule has 0 aliphatic rings. The van der Waals surface area contributed by atoms with Crippen molar-refractivity contribution in [3.05, 3.63) is 22.9 Å². The van der Waals surface area contributed by atoms with Crippen LogP contribution in [0, 0.1) is 0 Å². The van der Waals surface area contributed by atoms with Gasteiger partial charge in [-0.2, -0.15) is 13.2 Å². The molecule has 0 bridgehead atoms. The highest BCUT2D eigenvalue weighted by Crippen LogP contribution is 2.41. The number of nitrogens with zero attached hydrogens (tertiary/aromatic N) is 1. The van der Waals surface area contributed by atoms with Gasteiger partial charge in [-0.25, -0.2) is 4.98 Å². The number of carbonyl (C=O) groups excluding carboxylic acids is 1. The minimum Gasteiger partial charge on any atom is -0.466 e. The summed E-state index contributed by atoms with van der Waals surface area (Å²) < 4.78 is 84.1. The van der Waals surface area contributed by atoms with Crippen LogP contribution in [0.5, 0.6) is 5.88 Å². The molecule has 1 aromatic rings. The van der Waals surface area contributed by atoms with Gasteiger partial charge in [-0.05, 0) is 18.1 Å². The largest absolute Gasteiger partial charge is 0.574 e. The van der Waals surface area contributed by atoms with E-state index in [1.165, 1.54) is 6.92 Å². The summed E-state index contributed by atoms with van der Waals surface area (Å²) in [6.07, 6.45) is -10.8. The Morgan fingerprint density at radius 1 is 1.26 bits per heavy atom. The first-order valence-electron chi connectivity index (χ1n) is 6.04. The lowest BCUT2D eigenvalue weighted by molar-refractivity contribution is -0.277. The third-order valence-corrected chi connectivity index (χ3v) is 2.80. The van der Waals surface area contributed by atoms with Gasteiger partial charge in [0.2, 0.25) is 5.88 Å². The van der Waals surface area contributed by atoms with E-state index in [1.807, 2.05) is 0 Å². The zero-order chi connectivity index (χ0) is 17.8. The molecule has 23 heavy (non-hydrogen) atoms. The molecule has 0 aromatic carbocycles. The van der Waals surface area contributed by atoms with Crippen molar-refractivity contribution in [2.45, 2.75) is 31.8 Å². The van der Waals surface area contributed by atoms with Crippen molar-refractivity contribution >= 4 is 17.6 Å². The second-order valence-electron chi connectivity index (χ2n) is 4.10. The van der Waals surface area contributed by atoms with Crippen LogP contribution in [0.25, 0.3) is 0 Å². The number of hydrogen-bond donors (Lipinski definition) is 0. The van der Waals surface area contributed by atoms with Gasteiger partial charge in [-0.1, -0.05) is 0 Å². The predicted octanol–water partition coefficient (Wildman–Crippen LogP) is 3.84. The Balaban J connectivity index is 3.48. The van der Waals surface area contributed by atoms with Crippen molar-refractivity contribution in [2.75, 3.05) is 6.61 Å². The van der Waals surface area contributed by atoms with Crippen LogP contribution in [0.1, 0.15) is 23.6 Å². The van der Waals surface area contributed by atoms with E-state index >= 15 is 0 Å². The van der Waals surface area contributed by atoms with Gasteiger partial charge in [0, 0.05) is 12.1 Å². The van der Waals surface area contributed by atoms with E-state index in [-0.39, 0.29) is 12.2 Å². The molecule has 0 saturated heterocycles. The summed E-state index contributed by atoms with van der Waals surface area (Å²) in [5.74, 6) is -3.23. The molecule has 0 fully saturated rings. The lowest BCUT2D eigenvalue weighted by atomic mass is 10.0. The van der Waals surface area contributed by atoms with Gasteiger partial charge in [0.25, 0.3) is 0 Å². The number of esters is 1. The highest BCUT2D eigenvalue weighted by atomic mass is 35.5. The number of hydrogen-bond acceptors (Lipinski definition) is 4. The Morgan fingerprint density at radius 2 is 1.87 bits per heavy atom. The first-order chi connectivity index (χ1) is 10.5. The minimum atomic E-state index is -5.38. The minimum absolute atomic E-state index is 0.104. The molecule has 1 aromatic heterocycles. The molecule has 0 aliphatic carbocycles. The van der Waals surface area contributed by atoms with Crippen molar-refractivity contribution in [3.8, 4) is 5.88 Å². The molecule has 0 amide bonds. The topological polar surface area (TPSA) is 48.4 Å². The lowest BCUT2D eigenvalue weighted by Gasteiger charge is -2.19. The Bertz CT molecular complexity index is 573. The summed E-state index contributed by atoms with van der Waals surface area (Å²) in [5.41, 5.74) is -2.82. The Morgan fingerprint density at radius 3 is 2.30 bits per heavy atom. The Labute approximate surface area is 131 Å². The van der Waals surface area contributed by atoms with Gasteiger partial charge in [0.15, 0.2) is 0 Å². The molecule has 130 valence electrons. The molecule has 0 spiro atoms. The third kappa shape index (κ3) is 5.45.